The molecule has 0 saturated heterocycles. The van der Waals surface area contributed by atoms with Crippen molar-refractivity contribution in [3.8, 4) is 11.6 Å². The average Bonchev–Trinajstić information content (AvgIpc) is 2.71. The molecule has 1 heterocycles. The van der Waals surface area contributed by atoms with Gasteiger partial charge in [-0.1, -0.05) is 0 Å². The van der Waals surface area contributed by atoms with Gasteiger partial charge in [-0.2, -0.15) is 0 Å². The van der Waals surface area contributed by atoms with Gasteiger partial charge in [0, 0.05) is 0 Å². The number of nitrogens with one attached hydrogen (secondary N) is 1. The Morgan fingerprint density at radius 1 is 1.53 bits per heavy atom. The summed E-state index contributed by atoms with van der Waals surface area (Å²) in [7, 11) is 1.56. The summed E-state index contributed by atoms with van der Waals surface area (Å²) in [5.74, 6) is -0.121. The summed E-state index contributed by atoms with van der Waals surface area (Å²) in [6.45, 7) is 1.45. The van der Waals surface area contributed by atoms with E-state index in [1.54, 1.807) is 25.3 Å². The van der Waals surface area contributed by atoms with Crippen LogP contribution < -0.4 is 9.47 Å². The smallest absolute Gasteiger partial charge is 0.344 e. The van der Waals surface area contributed by atoms with Crippen LogP contribution in [0.4, 0.5) is 0 Å². The molecule has 2 aromatic rings. The van der Waals surface area contributed by atoms with Gasteiger partial charge >= 0.3 is 5.97 Å². The predicted molar refractivity (Wildman–Crippen MR) is 60.4 cm³/mol. The van der Waals surface area contributed by atoms with Crippen LogP contribution in [-0.2, 0) is 4.79 Å². The van der Waals surface area contributed by atoms with Gasteiger partial charge in [0.05, 0.1) is 18.0 Å². The zero-order chi connectivity index (χ0) is 12.4. The highest BCUT2D eigenvalue weighted by Crippen LogP contribution is 2.27. The average molecular weight is 236 g/mol. The summed E-state index contributed by atoms with van der Waals surface area (Å²) in [6, 6.07) is 5.31. The quantitative estimate of drug-likeness (QED) is 0.838. The van der Waals surface area contributed by atoms with Gasteiger partial charge in [-0.3, -0.25) is 5.10 Å². The Kier molecular flexibility index (Phi) is 2.86. The van der Waals surface area contributed by atoms with Crippen molar-refractivity contribution in [2.45, 2.75) is 13.0 Å². The first-order valence-electron chi connectivity index (χ1n) is 5.03. The molecule has 1 atom stereocenters. The number of hydrogen-bond acceptors (Lipinski definition) is 4. The molecular weight excluding hydrogens is 224 g/mol. The van der Waals surface area contributed by atoms with E-state index in [2.05, 4.69) is 10.2 Å². The molecule has 0 amide bonds. The van der Waals surface area contributed by atoms with Crippen molar-refractivity contribution in [3.63, 3.8) is 0 Å². The summed E-state index contributed by atoms with van der Waals surface area (Å²) in [5.41, 5.74) is 0.762. The number of rotatable bonds is 4. The zero-order valence-corrected chi connectivity index (χ0v) is 9.43. The molecule has 0 aliphatic heterocycles. The number of aromatic amines is 1. The number of benzene rings is 1. The SMILES string of the molecule is COc1ccc2[nH]nc(OC(C)C(=O)O)c2c1. The van der Waals surface area contributed by atoms with Crippen molar-refractivity contribution in [2.75, 3.05) is 7.11 Å². The third-order valence-corrected chi connectivity index (χ3v) is 2.37. The highest BCUT2D eigenvalue weighted by atomic mass is 16.5. The van der Waals surface area contributed by atoms with Gasteiger partial charge in [0.15, 0.2) is 6.10 Å². The Morgan fingerprint density at radius 2 is 2.29 bits per heavy atom. The number of hydrogen-bond donors (Lipinski definition) is 2. The van der Waals surface area contributed by atoms with Gasteiger partial charge < -0.3 is 14.6 Å². The summed E-state index contributed by atoms with van der Waals surface area (Å²) >= 11 is 0. The Bertz CT molecular complexity index is 549. The standard InChI is InChI=1S/C11H12N2O4/c1-6(11(14)15)17-10-8-5-7(16-2)3-4-9(8)12-13-10/h3-6H,1-2H3,(H,12,13)(H,14,15). The summed E-state index contributed by atoms with van der Waals surface area (Å²) in [5, 5.41) is 16.1. The van der Waals surface area contributed by atoms with Gasteiger partial charge in [-0.05, 0) is 25.1 Å². The van der Waals surface area contributed by atoms with Crippen molar-refractivity contribution in [1.82, 2.24) is 10.2 Å². The molecule has 1 unspecified atom stereocenters. The first-order valence-corrected chi connectivity index (χ1v) is 5.03. The number of aliphatic carboxylic acids is 1. The second-order valence-electron chi connectivity index (χ2n) is 3.54. The number of nitrogens with zero attached hydrogens (tertiary/aromatic N) is 1. The van der Waals surface area contributed by atoms with E-state index in [-0.39, 0.29) is 5.88 Å². The third kappa shape index (κ3) is 2.15. The highest BCUT2D eigenvalue weighted by molar-refractivity contribution is 5.85. The normalized spacial score (nSPS) is 12.4. The first-order chi connectivity index (χ1) is 8.11. The van der Waals surface area contributed by atoms with Crippen LogP contribution in [0.1, 0.15) is 6.92 Å². The lowest BCUT2D eigenvalue weighted by Crippen LogP contribution is -2.23. The molecule has 90 valence electrons. The van der Waals surface area contributed by atoms with Gasteiger partial charge in [-0.25, -0.2) is 4.79 Å². The topological polar surface area (TPSA) is 84.4 Å². The van der Waals surface area contributed by atoms with Gasteiger partial charge in [0.1, 0.15) is 5.75 Å². The van der Waals surface area contributed by atoms with Crippen LogP contribution in [0.5, 0.6) is 11.6 Å². The second kappa shape index (κ2) is 4.32. The van der Waals surface area contributed by atoms with E-state index in [0.29, 0.717) is 11.1 Å². The van der Waals surface area contributed by atoms with E-state index in [4.69, 9.17) is 14.6 Å². The van der Waals surface area contributed by atoms with Crippen LogP contribution in [0.25, 0.3) is 10.9 Å². The molecule has 2 N–H and O–H groups in total. The number of H-pyrrole nitrogens is 1. The van der Waals surface area contributed by atoms with E-state index in [1.165, 1.54) is 6.92 Å². The van der Waals surface area contributed by atoms with Crippen molar-refractivity contribution >= 4 is 16.9 Å². The van der Waals surface area contributed by atoms with Gasteiger partial charge in [0.25, 0.3) is 0 Å². The first kappa shape index (κ1) is 11.3. The van der Waals surface area contributed by atoms with Gasteiger partial charge in [-0.15, -0.1) is 5.10 Å². The fourth-order valence-electron chi connectivity index (χ4n) is 1.40. The Balaban J connectivity index is 2.37. The maximum atomic E-state index is 10.7. The molecule has 2 rings (SSSR count). The van der Waals surface area contributed by atoms with Crippen LogP contribution in [0, 0.1) is 0 Å². The molecule has 0 aliphatic carbocycles. The molecule has 17 heavy (non-hydrogen) atoms. The maximum Gasteiger partial charge on any atom is 0.344 e. The lowest BCUT2D eigenvalue weighted by molar-refractivity contribution is -0.144. The van der Waals surface area contributed by atoms with Crippen molar-refractivity contribution in [3.05, 3.63) is 18.2 Å². The largest absolute Gasteiger partial charge is 0.497 e. The van der Waals surface area contributed by atoms with Gasteiger partial charge in [0.2, 0.25) is 5.88 Å². The van der Waals surface area contributed by atoms with Crippen molar-refractivity contribution < 1.29 is 19.4 Å². The zero-order valence-electron chi connectivity index (χ0n) is 9.43. The van der Waals surface area contributed by atoms with E-state index < -0.39 is 12.1 Å². The minimum atomic E-state index is -1.04. The molecule has 0 aliphatic rings. The van der Waals surface area contributed by atoms with Crippen LogP contribution >= 0.6 is 0 Å². The molecule has 6 heteroatoms. The predicted octanol–water partition coefficient (Wildman–Crippen LogP) is 1.42. The Hall–Kier alpha value is -2.24. The lowest BCUT2D eigenvalue weighted by Gasteiger charge is -2.07. The number of carbonyl (C=O) groups is 1. The molecular formula is C11H12N2O4. The van der Waals surface area contributed by atoms with Crippen LogP contribution in [0.3, 0.4) is 0 Å². The molecule has 1 aromatic carbocycles. The summed E-state index contributed by atoms with van der Waals surface area (Å²) < 4.78 is 10.3. The fraction of sp³-hybridized carbons (Fsp3) is 0.273. The molecule has 0 fully saturated rings. The molecule has 6 nitrogen and oxygen atoms in total. The monoisotopic (exact) mass is 236 g/mol. The minimum absolute atomic E-state index is 0.258. The third-order valence-electron chi connectivity index (χ3n) is 2.37. The van der Waals surface area contributed by atoms with Crippen molar-refractivity contribution in [1.29, 1.82) is 0 Å². The molecule has 1 aromatic heterocycles. The van der Waals surface area contributed by atoms with E-state index in [1.807, 2.05) is 0 Å². The van der Waals surface area contributed by atoms with Crippen LogP contribution in [0.2, 0.25) is 0 Å². The Labute approximate surface area is 97.2 Å². The highest BCUT2D eigenvalue weighted by Gasteiger charge is 2.16. The number of ether oxygens (including phenoxy) is 2. The number of carboxylic acids is 1. The number of aromatic nitrogens is 2. The molecule has 0 radical (unpaired) electrons. The van der Waals surface area contributed by atoms with E-state index in [9.17, 15) is 4.79 Å². The fourth-order valence-corrected chi connectivity index (χ4v) is 1.40. The van der Waals surface area contributed by atoms with Crippen LogP contribution in [0.15, 0.2) is 18.2 Å². The number of methoxy groups -OCH3 is 1. The summed E-state index contributed by atoms with van der Waals surface area (Å²) in [4.78, 5) is 10.7. The maximum absolute atomic E-state index is 10.7. The van der Waals surface area contributed by atoms with Crippen molar-refractivity contribution in [2.24, 2.45) is 0 Å². The summed E-state index contributed by atoms with van der Waals surface area (Å²) in [6.07, 6.45) is -0.951. The number of carboxylic acid groups (broad SMARTS) is 1. The van der Waals surface area contributed by atoms with Crippen LogP contribution in [-0.4, -0.2) is 34.5 Å². The number of fused-ring (bicyclic) bond motifs is 1. The van der Waals surface area contributed by atoms with E-state index >= 15 is 0 Å². The minimum Gasteiger partial charge on any atom is -0.497 e. The lowest BCUT2D eigenvalue weighted by atomic mass is 10.2. The Morgan fingerprint density at radius 3 is 2.94 bits per heavy atom. The van der Waals surface area contributed by atoms with E-state index in [0.717, 1.165) is 5.52 Å². The second-order valence-corrected chi connectivity index (χ2v) is 3.54. The molecule has 0 spiro atoms. The molecule has 0 saturated carbocycles. The molecule has 0 bridgehead atoms.